The van der Waals surface area contributed by atoms with Crippen molar-refractivity contribution in [3.8, 4) is 0 Å². The maximum absolute atomic E-state index is 13.2. The number of nitrogens with zero attached hydrogens (tertiary/aromatic N) is 5. The number of rotatable bonds is 4. The van der Waals surface area contributed by atoms with Gasteiger partial charge in [-0.15, -0.1) is 0 Å². The van der Waals surface area contributed by atoms with Crippen LogP contribution in [-0.2, 0) is 16.1 Å². The molecule has 0 radical (unpaired) electrons. The lowest BCUT2D eigenvalue weighted by Crippen LogP contribution is -2.49. The lowest BCUT2D eigenvalue weighted by Gasteiger charge is -2.40. The number of hydrogen-bond acceptors (Lipinski definition) is 7. The van der Waals surface area contributed by atoms with Crippen LogP contribution in [0.2, 0.25) is 0 Å². The summed E-state index contributed by atoms with van der Waals surface area (Å²) in [6.07, 6.45) is -3.49. The first kappa shape index (κ1) is 28.1. The Hall–Kier alpha value is -3.87. The van der Waals surface area contributed by atoms with E-state index in [1.807, 2.05) is 42.2 Å². The Morgan fingerprint density at radius 3 is 2.21 bits per heavy atom. The average Bonchev–Trinajstić information content (AvgIpc) is 2.92. The predicted molar refractivity (Wildman–Crippen MR) is 145 cm³/mol. The van der Waals surface area contributed by atoms with Crippen LogP contribution >= 0.6 is 15.9 Å². The Morgan fingerprint density at radius 1 is 1.03 bits per heavy atom. The van der Waals surface area contributed by atoms with Crippen molar-refractivity contribution in [1.29, 1.82) is 0 Å². The lowest BCUT2D eigenvalue weighted by molar-refractivity contribution is -0.192. The number of carboxylic acids is 1. The van der Waals surface area contributed by atoms with Gasteiger partial charge in [-0.25, -0.2) is 14.8 Å². The van der Waals surface area contributed by atoms with Gasteiger partial charge in [0.2, 0.25) is 5.91 Å². The molecule has 0 aliphatic carbocycles. The number of aliphatic carboxylic acids is 1. The largest absolute Gasteiger partial charge is 0.490 e. The van der Waals surface area contributed by atoms with Gasteiger partial charge in [-0.05, 0) is 36.8 Å². The second-order valence-electron chi connectivity index (χ2n) is 8.92. The average molecular weight is 607 g/mol. The zero-order valence-corrected chi connectivity index (χ0v) is 22.5. The van der Waals surface area contributed by atoms with Gasteiger partial charge in [0.1, 0.15) is 18.1 Å². The first-order valence-electron chi connectivity index (χ1n) is 12.1. The number of carbonyl (C=O) groups is 2. The minimum absolute atomic E-state index is 0.0272. The zero-order chi connectivity index (χ0) is 28.2. The summed E-state index contributed by atoms with van der Waals surface area (Å²) < 4.78 is 32.8. The van der Waals surface area contributed by atoms with Crippen molar-refractivity contribution in [3.63, 3.8) is 0 Å². The molecule has 0 spiro atoms. The van der Waals surface area contributed by atoms with E-state index in [2.05, 4.69) is 65.3 Å². The third-order valence-corrected chi connectivity index (χ3v) is 6.79. The number of hydrogen-bond donors (Lipinski definition) is 2. The molecule has 3 heterocycles. The fourth-order valence-electron chi connectivity index (χ4n) is 4.31. The number of carboxylic acid groups (broad SMARTS) is 1. The normalized spacial score (nSPS) is 17.1. The maximum Gasteiger partial charge on any atom is 0.490 e. The summed E-state index contributed by atoms with van der Waals surface area (Å²) in [6.45, 7) is 5.80. The molecule has 1 atom stereocenters. The van der Waals surface area contributed by atoms with E-state index in [4.69, 9.17) is 9.90 Å². The summed E-state index contributed by atoms with van der Waals surface area (Å²) in [5.74, 6) is -1.20. The lowest BCUT2D eigenvalue weighted by atomic mass is 10.1. The molecule has 39 heavy (non-hydrogen) atoms. The Bertz CT molecular complexity index is 1300. The second-order valence-corrected chi connectivity index (χ2v) is 9.84. The van der Waals surface area contributed by atoms with Crippen LogP contribution in [0.1, 0.15) is 12.5 Å². The van der Waals surface area contributed by atoms with Gasteiger partial charge < -0.3 is 20.2 Å². The quantitative estimate of drug-likeness (QED) is 0.446. The molecule has 1 fully saturated rings. The molecule has 0 saturated carbocycles. The topological polar surface area (TPSA) is 102 Å². The van der Waals surface area contributed by atoms with Crippen LogP contribution in [0, 0.1) is 0 Å². The minimum Gasteiger partial charge on any atom is -0.475 e. The van der Waals surface area contributed by atoms with Crippen molar-refractivity contribution in [2.45, 2.75) is 25.7 Å². The molecule has 206 valence electrons. The predicted octanol–water partition coefficient (Wildman–Crippen LogP) is 4.55. The molecule has 0 bridgehead atoms. The summed E-state index contributed by atoms with van der Waals surface area (Å²) in [4.78, 5) is 37.7. The van der Waals surface area contributed by atoms with Crippen LogP contribution in [0.3, 0.4) is 0 Å². The highest BCUT2D eigenvalue weighted by molar-refractivity contribution is 9.10. The molecule has 5 rings (SSSR count). The number of nitrogens with one attached hydrogen (secondary N) is 1. The Balaban J connectivity index is 0.000000448. The van der Waals surface area contributed by atoms with E-state index in [-0.39, 0.29) is 11.9 Å². The summed E-state index contributed by atoms with van der Waals surface area (Å²) >= 11 is 3.48. The summed E-state index contributed by atoms with van der Waals surface area (Å²) in [6, 6.07) is 18.2. The molecule has 2 aliphatic heterocycles. The standard InChI is InChI=1S/C24H25BrN6O.C2HF3O2/c1-17-24(32)31(15-18-7-9-19(25)10-8-18)21-22(28-17)26-16-27-23(21)30-13-11-29(12-14-30)20-5-3-2-4-6-20;3-2(4,5)1(6)7/h2-10,16-17H,11-15H2,1H3,(H,26,27,28);(H,6,7). The summed E-state index contributed by atoms with van der Waals surface area (Å²) in [5, 5.41) is 10.4. The molecule has 1 amide bonds. The van der Waals surface area contributed by atoms with Gasteiger partial charge in [0, 0.05) is 36.3 Å². The molecular formula is C26H26BrF3N6O3. The molecule has 13 heteroatoms. The number of benzene rings is 2. The number of piperazine rings is 1. The molecule has 2 aliphatic rings. The third-order valence-electron chi connectivity index (χ3n) is 6.26. The van der Waals surface area contributed by atoms with Gasteiger partial charge in [0.15, 0.2) is 11.6 Å². The van der Waals surface area contributed by atoms with Gasteiger partial charge in [-0.2, -0.15) is 13.2 Å². The number of amides is 1. The third kappa shape index (κ3) is 6.77. The zero-order valence-electron chi connectivity index (χ0n) is 20.9. The van der Waals surface area contributed by atoms with E-state index in [1.165, 1.54) is 5.69 Å². The van der Waals surface area contributed by atoms with E-state index in [0.717, 1.165) is 47.7 Å². The monoisotopic (exact) mass is 606 g/mol. The molecule has 1 saturated heterocycles. The molecule has 2 aromatic carbocycles. The highest BCUT2D eigenvalue weighted by Gasteiger charge is 2.38. The highest BCUT2D eigenvalue weighted by atomic mass is 79.9. The van der Waals surface area contributed by atoms with E-state index in [9.17, 15) is 18.0 Å². The van der Waals surface area contributed by atoms with Gasteiger partial charge in [-0.3, -0.25) is 9.69 Å². The number of anilines is 4. The molecule has 2 N–H and O–H groups in total. The van der Waals surface area contributed by atoms with Crippen LogP contribution < -0.4 is 20.0 Å². The molecule has 3 aromatic rings. The number of halogens is 4. The van der Waals surface area contributed by atoms with Crippen molar-refractivity contribution in [3.05, 3.63) is 71.0 Å². The van der Waals surface area contributed by atoms with Crippen LogP contribution in [-0.4, -0.2) is 65.3 Å². The van der Waals surface area contributed by atoms with Crippen LogP contribution in [0.4, 0.5) is 36.2 Å². The SMILES string of the molecule is CC1Nc2ncnc(N3CCN(c4ccccc4)CC3)c2N(Cc2ccc(Br)cc2)C1=O.O=C(O)C(F)(F)F. The van der Waals surface area contributed by atoms with Crippen molar-refractivity contribution >= 4 is 50.8 Å². The maximum atomic E-state index is 13.2. The summed E-state index contributed by atoms with van der Waals surface area (Å²) in [7, 11) is 0. The first-order valence-corrected chi connectivity index (χ1v) is 12.9. The van der Waals surface area contributed by atoms with E-state index >= 15 is 0 Å². The minimum atomic E-state index is -5.08. The van der Waals surface area contributed by atoms with Crippen molar-refractivity contribution in [2.24, 2.45) is 0 Å². The van der Waals surface area contributed by atoms with Crippen molar-refractivity contribution in [2.75, 3.05) is 46.2 Å². The van der Waals surface area contributed by atoms with E-state index < -0.39 is 12.1 Å². The van der Waals surface area contributed by atoms with Crippen molar-refractivity contribution in [1.82, 2.24) is 9.97 Å². The fraction of sp³-hybridized carbons (Fsp3) is 0.308. The van der Waals surface area contributed by atoms with Crippen LogP contribution in [0.5, 0.6) is 0 Å². The van der Waals surface area contributed by atoms with Gasteiger partial charge in [0.05, 0.1) is 6.54 Å². The number of fused-ring (bicyclic) bond motifs is 1. The molecule has 1 unspecified atom stereocenters. The number of alkyl halides is 3. The van der Waals surface area contributed by atoms with Gasteiger partial charge in [0.25, 0.3) is 0 Å². The van der Waals surface area contributed by atoms with Crippen LogP contribution in [0.15, 0.2) is 65.4 Å². The molecule has 1 aromatic heterocycles. The Morgan fingerprint density at radius 2 is 1.62 bits per heavy atom. The fourth-order valence-corrected chi connectivity index (χ4v) is 4.57. The molecular weight excluding hydrogens is 581 g/mol. The number of carbonyl (C=O) groups excluding carboxylic acids is 1. The van der Waals surface area contributed by atoms with Gasteiger partial charge in [-0.1, -0.05) is 46.3 Å². The second kappa shape index (κ2) is 11.9. The summed E-state index contributed by atoms with van der Waals surface area (Å²) in [5.41, 5.74) is 3.07. The van der Waals surface area contributed by atoms with Gasteiger partial charge >= 0.3 is 12.1 Å². The van der Waals surface area contributed by atoms with Crippen molar-refractivity contribution < 1.29 is 27.9 Å². The first-order chi connectivity index (χ1) is 18.5. The highest BCUT2D eigenvalue weighted by Crippen LogP contribution is 2.38. The Kier molecular flexibility index (Phi) is 8.58. The number of aromatic nitrogens is 2. The Labute approximate surface area is 231 Å². The molecule has 9 nitrogen and oxygen atoms in total. The number of para-hydroxylation sites is 1. The van der Waals surface area contributed by atoms with E-state index in [0.29, 0.717) is 12.4 Å². The van der Waals surface area contributed by atoms with E-state index in [1.54, 1.807) is 6.33 Å². The van der Waals surface area contributed by atoms with Crippen LogP contribution in [0.25, 0.3) is 0 Å². The smallest absolute Gasteiger partial charge is 0.475 e.